The molecular weight excluding hydrogens is 256 g/mol. The first-order valence-electron chi connectivity index (χ1n) is 4.20. The van der Waals surface area contributed by atoms with Gasteiger partial charge in [0.2, 0.25) is 5.88 Å². The molecule has 0 saturated heterocycles. The van der Waals surface area contributed by atoms with Gasteiger partial charge in [0.1, 0.15) is 0 Å². The molecule has 0 fully saturated rings. The number of hydrogen-bond donors (Lipinski definition) is 0. The van der Waals surface area contributed by atoms with Crippen LogP contribution in [0.3, 0.4) is 0 Å². The highest BCUT2D eigenvalue weighted by molar-refractivity contribution is 9.10. The third-order valence-corrected chi connectivity index (χ3v) is 2.12. The molecule has 1 aromatic rings. The van der Waals surface area contributed by atoms with E-state index in [2.05, 4.69) is 20.9 Å². The SMILES string of the molecule is CCC(Oc1ccc(Br)cn1)C(F)F. The Hall–Kier alpha value is -0.710. The largest absolute Gasteiger partial charge is 0.468 e. The van der Waals surface area contributed by atoms with Crippen LogP contribution in [0.25, 0.3) is 0 Å². The molecule has 1 heterocycles. The summed E-state index contributed by atoms with van der Waals surface area (Å²) in [6.07, 6.45) is -1.79. The Bertz CT molecular complexity index is 279. The second-order valence-electron chi connectivity index (χ2n) is 2.71. The molecule has 0 spiro atoms. The average molecular weight is 266 g/mol. The molecule has 1 rings (SSSR count). The van der Waals surface area contributed by atoms with Crippen molar-refractivity contribution in [2.75, 3.05) is 0 Å². The molecule has 0 bridgehead atoms. The maximum atomic E-state index is 12.3. The molecule has 0 aliphatic carbocycles. The van der Waals surface area contributed by atoms with Crippen molar-refractivity contribution in [3.8, 4) is 5.88 Å². The first-order valence-corrected chi connectivity index (χ1v) is 4.99. The van der Waals surface area contributed by atoms with Crippen LogP contribution in [0.1, 0.15) is 13.3 Å². The van der Waals surface area contributed by atoms with Crippen molar-refractivity contribution in [3.05, 3.63) is 22.8 Å². The van der Waals surface area contributed by atoms with E-state index in [4.69, 9.17) is 4.74 Å². The molecule has 0 amide bonds. The molecule has 2 nitrogen and oxygen atoms in total. The monoisotopic (exact) mass is 265 g/mol. The Labute approximate surface area is 89.4 Å². The molecular formula is C9H10BrF2NO. The zero-order valence-electron chi connectivity index (χ0n) is 7.58. The van der Waals surface area contributed by atoms with Gasteiger partial charge in [-0.25, -0.2) is 13.8 Å². The molecule has 5 heteroatoms. The van der Waals surface area contributed by atoms with Crippen molar-refractivity contribution in [1.29, 1.82) is 0 Å². The van der Waals surface area contributed by atoms with Gasteiger partial charge in [0.05, 0.1) is 0 Å². The topological polar surface area (TPSA) is 22.1 Å². The first-order chi connectivity index (χ1) is 6.63. The zero-order valence-corrected chi connectivity index (χ0v) is 9.17. The molecule has 0 aliphatic rings. The fourth-order valence-electron chi connectivity index (χ4n) is 0.900. The van der Waals surface area contributed by atoms with E-state index < -0.39 is 12.5 Å². The minimum absolute atomic E-state index is 0.223. The standard InChI is InChI=1S/C9H10BrF2NO/c1-2-7(9(11)12)14-8-4-3-6(10)5-13-8/h3-5,7,9H,2H2,1H3. The van der Waals surface area contributed by atoms with Crippen LogP contribution in [0.5, 0.6) is 5.88 Å². The molecule has 78 valence electrons. The summed E-state index contributed by atoms with van der Waals surface area (Å²) in [7, 11) is 0. The number of hydrogen-bond acceptors (Lipinski definition) is 2. The Morgan fingerprint density at radius 3 is 2.64 bits per heavy atom. The van der Waals surface area contributed by atoms with E-state index >= 15 is 0 Å². The van der Waals surface area contributed by atoms with Crippen LogP contribution in [-0.4, -0.2) is 17.5 Å². The maximum absolute atomic E-state index is 12.3. The van der Waals surface area contributed by atoms with E-state index in [1.54, 1.807) is 19.1 Å². The van der Waals surface area contributed by atoms with Crippen LogP contribution in [-0.2, 0) is 0 Å². The third-order valence-electron chi connectivity index (χ3n) is 1.66. The van der Waals surface area contributed by atoms with E-state index in [0.29, 0.717) is 0 Å². The Balaban J connectivity index is 2.63. The van der Waals surface area contributed by atoms with Crippen molar-refractivity contribution in [1.82, 2.24) is 4.98 Å². The zero-order chi connectivity index (χ0) is 10.6. The van der Waals surface area contributed by atoms with E-state index in [9.17, 15) is 8.78 Å². The highest BCUT2D eigenvalue weighted by Crippen LogP contribution is 2.17. The average Bonchev–Trinajstić information content (AvgIpc) is 2.16. The number of nitrogens with zero attached hydrogens (tertiary/aromatic N) is 1. The summed E-state index contributed by atoms with van der Waals surface area (Å²) < 4.78 is 30.4. The van der Waals surface area contributed by atoms with Crippen LogP contribution in [0.2, 0.25) is 0 Å². The van der Waals surface area contributed by atoms with Crippen molar-refractivity contribution >= 4 is 15.9 Å². The first kappa shape index (κ1) is 11.4. The molecule has 1 atom stereocenters. The second-order valence-corrected chi connectivity index (χ2v) is 3.63. The highest BCUT2D eigenvalue weighted by atomic mass is 79.9. The summed E-state index contributed by atoms with van der Waals surface area (Å²) in [5.41, 5.74) is 0. The predicted octanol–water partition coefficient (Wildman–Crippen LogP) is 3.27. The molecule has 14 heavy (non-hydrogen) atoms. The van der Waals surface area contributed by atoms with Crippen molar-refractivity contribution in [3.63, 3.8) is 0 Å². The Morgan fingerprint density at radius 2 is 2.21 bits per heavy atom. The van der Waals surface area contributed by atoms with E-state index in [-0.39, 0.29) is 12.3 Å². The normalized spacial score (nSPS) is 12.9. The predicted molar refractivity (Wildman–Crippen MR) is 52.6 cm³/mol. The summed E-state index contributed by atoms with van der Waals surface area (Å²) in [5, 5.41) is 0. The van der Waals surface area contributed by atoms with Gasteiger partial charge in [-0.1, -0.05) is 6.92 Å². The molecule has 0 saturated carbocycles. The van der Waals surface area contributed by atoms with Crippen LogP contribution in [0, 0.1) is 0 Å². The summed E-state index contributed by atoms with van der Waals surface area (Å²) in [6.45, 7) is 1.65. The lowest BCUT2D eigenvalue weighted by atomic mass is 10.3. The molecule has 0 radical (unpaired) electrons. The van der Waals surface area contributed by atoms with Crippen LogP contribution >= 0.6 is 15.9 Å². The number of alkyl halides is 2. The summed E-state index contributed by atoms with van der Waals surface area (Å²) in [4.78, 5) is 3.85. The van der Waals surface area contributed by atoms with Gasteiger partial charge in [0, 0.05) is 16.7 Å². The number of aromatic nitrogens is 1. The summed E-state index contributed by atoms with van der Waals surface area (Å²) in [5.74, 6) is 0.223. The van der Waals surface area contributed by atoms with Crippen molar-refractivity contribution < 1.29 is 13.5 Å². The quantitative estimate of drug-likeness (QED) is 0.834. The van der Waals surface area contributed by atoms with Crippen LogP contribution in [0.15, 0.2) is 22.8 Å². The minimum atomic E-state index is -2.48. The summed E-state index contributed by atoms with van der Waals surface area (Å²) >= 11 is 3.19. The molecule has 0 aromatic carbocycles. The maximum Gasteiger partial charge on any atom is 0.274 e. The van der Waals surface area contributed by atoms with Gasteiger partial charge in [-0.3, -0.25) is 0 Å². The van der Waals surface area contributed by atoms with Gasteiger partial charge in [-0.2, -0.15) is 0 Å². The van der Waals surface area contributed by atoms with Crippen molar-refractivity contribution in [2.45, 2.75) is 25.9 Å². The molecule has 1 unspecified atom stereocenters. The second kappa shape index (κ2) is 5.24. The van der Waals surface area contributed by atoms with E-state index in [0.717, 1.165) is 4.47 Å². The number of ether oxygens (including phenoxy) is 1. The minimum Gasteiger partial charge on any atom is -0.468 e. The number of pyridine rings is 1. The number of halogens is 3. The summed E-state index contributed by atoms with van der Waals surface area (Å²) in [6, 6.07) is 3.25. The fourth-order valence-corrected chi connectivity index (χ4v) is 1.13. The van der Waals surface area contributed by atoms with E-state index in [1.165, 1.54) is 6.20 Å². The van der Waals surface area contributed by atoms with Gasteiger partial charge < -0.3 is 4.74 Å². The Morgan fingerprint density at radius 1 is 1.50 bits per heavy atom. The highest BCUT2D eigenvalue weighted by Gasteiger charge is 2.20. The smallest absolute Gasteiger partial charge is 0.274 e. The molecule has 0 aliphatic heterocycles. The van der Waals surface area contributed by atoms with Crippen molar-refractivity contribution in [2.24, 2.45) is 0 Å². The van der Waals surface area contributed by atoms with Crippen LogP contribution in [0.4, 0.5) is 8.78 Å². The van der Waals surface area contributed by atoms with Gasteiger partial charge in [0.25, 0.3) is 6.43 Å². The van der Waals surface area contributed by atoms with Gasteiger partial charge in [-0.05, 0) is 28.4 Å². The van der Waals surface area contributed by atoms with Gasteiger partial charge in [0.15, 0.2) is 6.10 Å². The lowest BCUT2D eigenvalue weighted by molar-refractivity contribution is 0.00744. The number of rotatable bonds is 4. The van der Waals surface area contributed by atoms with E-state index in [1.807, 2.05) is 0 Å². The Kier molecular flexibility index (Phi) is 4.25. The van der Waals surface area contributed by atoms with Gasteiger partial charge in [-0.15, -0.1) is 0 Å². The lowest BCUT2D eigenvalue weighted by Gasteiger charge is -2.15. The molecule has 1 aromatic heterocycles. The third kappa shape index (κ3) is 3.21. The molecule has 0 N–H and O–H groups in total. The fraction of sp³-hybridized carbons (Fsp3) is 0.444. The van der Waals surface area contributed by atoms with Gasteiger partial charge >= 0.3 is 0 Å². The van der Waals surface area contributed by atoms with Crippen LogP contribution < -0.4 is 4.74 Å². The lowest BCUT2D eigenvalue weighted by Crippen LogP contribution is -2.24.